The summed E-state index contributed by atoms with van der Waals surface area (Å²) in [6, 6.07) is 3.56. The fourth-order valence-electron chi connectivity index (χ4n) is 2.66. The maximum atomic E-state index is 13.8. The average molecular weight is 339 g/mol. The van der Waals surface area contributed by atoms with Gasteiger partial charge in [-0.15, -0.1) is 0 Å². The first-order chi connectivity index (χ1) is 11.2. The third-order valence-corrected chi connectivity index (χ3v) is 3.87. The van der Waals surface area contributed by atoms with Crippen LogP contribution in [-0.4, -0.2) is 43.2 Å². The highest BCUT2D eigenvalue weighted by Gasteiger charge is 2.32. The summed E-state index contributed by atoms with van der Waals surface area (Å²) in [6.45, 7) is 7.98. The van der Waals surface area contributed by atoms with E-state index in [0.717, 1.165) is 25.2 Å². The van der Waals surface area contributed by atoms with Crippen molar-refractivity contribution in [3.05, 3.63) is 47.4 Å². The smallest absolute Gasteiger partial charge is 0.202 e. The molecule has 0 fully saturated rings. The Hall–Kier alpha value is -1.66. The van der Waals surface area contributed by atoms with Crippen molar-refractivity contribution in [1.29, 1.82) is 0 Å². The van der Waals surface area contributed by atoms with Crippen molar-refractivity contribution in [2.24, 2.45) is 5.41 Å². The zero-order chi connectivity index (χ0) is 17.9. The van der Waals surface area contributed by atoms with E-state index in [4.69, 9.17) is 4.74 Å². The van der Waals surface area contributed by atoms with Crippen molar-refractivity contribution in [3.63, 3.8) is 0 Å². The van der Waals surface area contributed by atoms with Gasteiger partial charge in [0.1, 0.15) is 18.2 Å². The van der Waals surface area contributed by atoms with Gasteiger partial charge in [0.2, 0.25) is 5.88 Å². The summed E-state index contributed by atoms with van der Waals surface area (Å²) in [7, 11) is 3.90. The molecule has 1 unspecified atom stereocenters. The molecular formula is C18H27F2N3O. The van der Waals surface area contributed by atoms with Crippen LogP contribution in [0, 0.1) is 17.0 Å². The summed E-state index contributed by atoms with van der Waals surface area (Å²) in [4.78, 5) is 0. The molecule has 0 spiro atoms. The zero-order valence-electron chi connectivity index (χ0n) is 15.1. The van der Waals surface area contributed by atoms with E-state index in [9.17, 15) is 8.78 Å². The van der Waals surface area contributed by atoms with E-state index in [1.165, 1.54) is 6.07 Å². The molecule has 0 saturated heterocycles. The molecule has 6 heteroatoms. The lowest BCUT2D eigenvalue weighted by Crippen LogP contribution is -2.46. The summed E-state index contributed by atoms with van der Waals surface area (Å²) in [5, 5.41) is 7.32. The molecule has 0 radical (unpaired) electrons. The van der Waals surface area contributed by atoms with E-state index in [0.29, 0.717) is 5.88 Å². The lowest BCUT2D eigenvalue weighted by Gasteiger charge is -2.36. The number of nitrogens with zero attached hydrogens (tertiary/aromatic N) is 2. The van der Waals surface area contributed by atoms with Crippen LogP contribution in [-0.2, 0) is 11.3 Å². The molecule has 2 rings (SSSR count). The number of benzene rings is 1. The van der Waals surface area contributed by atoms with Crippen LogP contribution in [0.3, 0.4) is 0 Å². The van der Waals surface area contributed by atoms with Gasteiger partial charge >= 0.3 is 0 Å². The standard InChI is InChI=1S/C18H27F2N3O/c1-18(2,3)12-23-17(9-15(10-21-4)22(23)5)24-11-13-8-14(19)6-7-16(13)20/h6-9,15,21H,10-12H2,1-5H3. The first kappa shape index (κ1) is 18.7. The fraction of sp³-hybridized carbons (Fsp3) is 0.556. The fourth-order valence-corrected chi connectivity index (χ4v) is 2.66. The van der Waals surface area contributed by atoms with E-state index in [-0.39, 0.29) is 23.6 Å². The van der Waals surface area contributed by atoms with Crippen LogP contribution in [0.15, 0.2) is 30.2 Å². The van der Waals surface area contributed by atoms with E-state index in [2.05, 4.69) is 36.1 Å². The van der Waals surface area contributed by atoms with Crippen LogP contribution >= 0.6 is 0 Å². The molecule has 0 aromatic heterocycles. The first-order valence-electron chi connectivity index (χ1n) is 8.14. The Kier molecular flexibility index (Phi) is 5.83. The van der Waals surface area contributed by atoms with Crippen LogP contribution in [0.5, 0.6) is 0 Å². The molecule has 24 heavy (non-hydrogen) atoms. The van der Waals surface area contributed by atoms with Crippen molar-refractivity contribution >= 4 is 0 Å². The van der Waals surface area contributed by atoms with Crippen molar-refractivity contribution < 1.29 is 13.5 Å². The molecule has 134 valence electrons. The predicted octanol–water partition coefficient (Wildman–Crippen LogP) is 3.12. The number of rotatable bonds is 6. The summed E-state index contributed by atoms with van der Waals surface area (Å²) in [6.07, 6.45) is 2.01. The Balaban J connectivity index is 2.14. The van der Waals surface area contributed by atoms with Crippen LogP contribution in [0.2, 0.25) is 0 Å². The minimum absolute atomic E-state index is 0.00379. The Morgan fingerprint density at radius 1 is 1.25 bits per heavy atom. The molecule has 1 atom stereocenters. The average Bonchev–Trinajstić information content (AvgIpc) is 2.76. The van der Waals surface area contributed by atoms with Crippen LogP contribution in [0.25, 0.3) is 0 Å². The first-order valence-corrected chi connectivity index (χ1v) is 8.14. The van der Waals surface area contributed by atoms with Gasteiger partial charge in [0, 0.05) is 25.7 Å². The van der Waals surface area contributed by atoms with Gasteiger partial charge in [-0.05, 0) is 36.7 Å². The van der Waals surface area contributed by atoms with Crippen LogP contribution in [0.4, 0.5) is 8.78 Å². The minimum Gasteiger partial charge on any atom is -0.473 e. The number of ether oxygens (including phenoxy) is 1. The number of likely N-dealkylation sites (N-methyl/N-ethyl adjacent to an activating group) is 2. The Morgan fingerprint density at radius 3 is 2.58 bits per heavy atom. The number of halogens is 2. The number of hydrogen-bond acceptors (Lipinski definition) is 4. The van der Waals surface area contributed by atoms with E-state index in [1.807, 2.05) is 20.2 Å². The molecule has 0 aliphatic carbocycles. The molecule has 1 heterocycles. The topological polar surface area (TPSA) is 27.7 Å². The third kappa shape index (κ3) is 4.68. The van der Waals surface area contributed by atoms with Gasteiger partial charge in [-0.1, -0.05) is 20.8 Å². The monoisotopic (exact) mass is 339 g/mol. The Morgan fingerprint density at radius 2 is 1.96 bits per heavy atom. The van der Waals surface area contributed by atoms with Gasteiger partial charge in [0.05, 0.1) is 6.04 Å². The summed E-state index contributed by atoms with van der Waals surface area (Å²) in [5.41, 5.74) is 0.279. The maximum Gasteiger partial charge on any atom is 0.202 e. The van der Waals surface area contributed by atoms with Crippen molar-refractivity contribution in [1.82, 2.24) is 15.3 Å². The van der Waals surface area contributed by atoms with Gasteiger partial charge in [-0.3, -0.25) is 5.01 Å². The van der Waals surface area contributed by atoms with Crippen molar-refractivity contribution in [2.75, 3.05) is 27.2 Å². The molecule has 1 aromatic rings. The van der Waals surface area contributed by atoms with E-state index >= 15 is 0 Å². The number of hydrazine groups is 1. The SMILES string of the molecule is CNCC1C=C(OCc2cc(F)ccc2F)N(CC(C)(C)C)N1C. The molecular weight excluding hydrogens is 312 g/mol. The highest BCUT2D eigenvalue weighted by atomic mass is 19.1. The lowest BCUT2D eigenvalue weighted by molar-refractivity contribution is -0.0443. The quantitative estimate of drug-likeness (QED) is 0.862. The number of nitrogens with one attached hydrogen (secondary N) is 1. The van der Waals surface area contributed by atoms with Gasteiger partial charge < -0.3 is 10.1 Å². The second-order valence-corrected chi connectivity index (χ2v) is 7.35. The predicted molar refractivity (Wildman–Crippen MR) is 90.9 cm³/mol. The summed E-state index contributed by atoms with van der Waals surface area (Å²) < 4.78 is 32.9. The number of hydrogen-bond donors (Lipinski definition) is 1. The Bertz CT molecular complexity index is 598. The maximum absolute atomic E-state index is 13.8. The van der Waals surface area contributed by atoms with Crippen molar-refractivity contribution in [3.8, 4) is 0 Å². The highest BCUT2D eigenvalue weighted by Crippen LogP contribution is 2.28. The summed E-state index contributed by atoms with van der Waals surface area (Å²) >= 11 is 0. The normalized spacial score (nSPS) is 18.9. The van der Waals surface area contributed by atoms with Gasteiger partial charge in [-0.2, -0.15) is 0 Å². The largest absolute Gasteiger partial charge is 0.473 e. The van der Waals surface area contributed by atoms with Gasteiger partial charge in [0.25, 0.3) is 0 Å². The lowest BCUT2D eigenvalue weighted by atomic mass is 9.97. The third-order valence-electron chi connectivity index (χ3n) is 3.87. The second kappa shape index (κ2) is 7.49. The molecule has 0 bridgehead atoms. The van der Waals surface area contributed by atoms with Crippen molar-refractivity contribution in [2.45, 2.75) is 33.4 Å². The molecule has 1 N–H and O–H groups in total. The molecule has 0 amide bonds. The van der Waals surface area contributed by atoms with Gasteiger partial charge in [0.15, 0.2) is 0 Å². The second-order valence-electron chi connectivity index (χ2n) is 7.35. The minimum atomic E-state index is -0.466. The highest BCUT2D eigenvalue weighted by molar-refractivity contribution is 5.18. The van der Waals surface area contributed by atoms with E-state index in [1.54, 1.807) is 0 Å². The molecule has 1 aromatic carbocycles. The Labute approximate surface area is 143 Å². The molecule has 0 saturated carbocycles. The zero-order valence-corrected chi connectivity index (χ0v) is 15.1. The van der Waals surface area contributed by atoms with Gasteiger partial charge in [-0.25, -0.2) is 13.8 Å². The molecule has 4 nitrogen and oxygen atoms in total. The summed E-state index contributed by atoms with van der Waals surface area (Å²) in [5.74, 6) is -0.249. The van der Waals surface area contributed by atoms with Crippen LogP contribution in [0.1, 0.15) is 26.3 Å². The molecule has 1 aliphatic heterocycles. The molecule has 1 aliphatic rings. The van der Waals surface area contributed by atoms with E-state index < -0.39 is 11.6 Å². The van der Waals surface area contributed by atoms with Crippen LogP contribution < -0.4 is 5.32 Å².